The Morgan fingerprint density at radius 2 is 2.00 bits per heavy atom. The molecule has 2 aliphatic heterocycles. The first-order valence-electron chi connectivity index (χ1n) is 8.79. The second-order valence-corrected chi connectivity index (χ2v) is 7.82. The van der Waals surface area contributed by atoms with Crippen LogP contribution in [-0.2, 0) is 21.0 Å². The zero-order chi connectivity index (χ0) is 19.2. The monoisotopic (exact) mass is 388 g/mol. The van der Waals surface area contributed by atoms with Crippen LogP contribution in [0.1, 0.15) is 24.5 Å². The molecule has 0 N–H and O–H groups in total. The second-order valence-electron chi connectivity index (χ2n) is 6.54. The highest BCUT2D eigenvalue weighted by molar-refractivity contribution is 8.01. The minimum Gasteiger partial charge on any atom is -0.315 e. The fourth-order valence-corrected chi connectivity index (χ4v) is 5.27. The summed E-state index contributed by atoms with van der Waals surface area (Å²) in [5.74, 6) is -1.03. The highest BCUT2D eigenvalue weighted by Gasteiger charge is 2.59. The molecule has 0 aliphatic carbocycles. The Morgan fingerprint density at radius 1 is 1.22 bits per heavy atom. The van der Waals surface area contributed by atoms with Crippen LogP contribution in [0, 0.1) is 11.6 Å². The van der Waals surface area contributed by atoms with Gasteiger partial charge in [0.05, 0.1) is 12.2 Å². The predicted octanol–water partition coefficient (Wildman–Crippen LogP) is 3.65. The molecule has 0 unspecified atom stereocenters. The summed E-state index contributed by atoms with van der Waals surface area (Å²) in [6, 6.07) is 10.6. The van der Waals surface area contributed by atoms with E-state index in [1.807, 2.05) is 18.2 Å². The zero-order valence-electron chi connectivity index (χ0n) is 14.7. The normalized spacial score (nSPS) is 21.2. The first-order chi connectivity index (χ1) is 13.0. The molecule has 2 aromatic carbocycles. The standard InChI is InChI=1S/C20H18F2N2O2S/c1-2-18(25)24-9-10-27-20(24)15-5-3-4-6-17(15)23(19(20)26)12-13-7-8-14(21)11-16(13)22/h3-8,11H,2,9-10,12H2,1H3/t20-/m1/s1. The van der Waals surface area contributed by atoms with E-state index in [0.717, 1.165) is 11.6 Å². The Bertz CT molecular complexity index is 936. The maximum absolute atomic E-state index is 14.2. The van der Waals surface area contributed by atoms with Gasteiger partial charge in [-0.15, -0.1) is 11.8 Å². The van der Waals surface area contributed by atoms with Gasteiger partial charge in [0, 0.05) is 35.9 Å². The van der Waals surface area contributed by atoms with E-state index < -0.39 is 16.5 Å². The molecule has 1 spiro atoms. The molecule has 1 fully saturated rings. The first kappa shape index (κ1) is 18.0. The third-order valence-electron chi connectivity index (χ3n) is 5.05. The van der Waals surface area contributed by atoms with Gasteiger partial charge in [0.15, 0.2) is 4.87 Å². The Kier molecular flexibility index (Phi) is 4.42. The number of carbonyl (C=O) groups is 2. The van der Waals surface area contributed by atoms with Gasteiger partial charge in [-0.3, -0.25) is 9.59 Å². The van der Waals surface area contributed by atoms with Crippen molar-refractivity contribution in [1.29, 1.82) is 0 Å². The van der Waals surface area contributed by atoms with Crippen LogP contribution in [0.15, 0.2) is 42.5 Å². The van der Waals surface area contributed by atoms with E-state index in [-0.39, 0.29) is 23.9 Å². The third-order valence-corrected chi connectivity index (χ3v) is 6.47. The topological polar surface area (TPSA) is 40.6 Å². The summed E-state index contributed by atoms with van der Waals surface area (Å²) in [6.45, 7) is 2.25. The fourth-order valence-electron chi connectivity index (χ4n) is 3.79. The molecule has 4 nitrogen and oxygen atoms in total. The number of amides is 2. The van der Waals surface area contributed by atoms with Crippen molar-refractivity contribution < 1.29 is 18.4 Å². The van der Waals surface area contributed by atoms with Crippen LogP contribution in [0.3, 0.4) is 0 Å². The molecule has 2 aromatic rings. The summed E-state index contributed by atoms with van der Waals surface area (Å²) >= 11 is 1.44. The number of hydrogen-bond acceptors (Lipinski definition) is 3. The number of fused-ring (bicyclic) bond motifs is 2. The van der Waals surface area contributed by atoms with Crippen molar-refractivity contribution in [3.63, 3.8) is 0 Å². The maximum Gasteiger partial charge on any atom is 0.268 e. The average molecular weight is 388 g/mol. The number of hydrogen-bond donors (Lipinski definition) is 0. The summed E-state index contributed by atoms with van der Waals surface area (Å²) in [7, 11) is 0. The van der Waals surface area contributed by atoms with Crippen LogP contribution in [0.25, 0.3) is 0 Å². The predicted molar refractivity (Wildman–Crippen MR) is 100 cm³/mol. The minimum atomic E-state index is -1.10. The average Bonchev–Trinajstić information content (AvgIpc) is 3.20. The van der Waals surface area contributed by atoms with Crippen LogP contribution >= 0.6 is 11.8 Å². The lowest BCUT2D eigenvalue weighted by Gasteiger charge is -2.33. The molecule has 2 amide bonds. The molecule has 0 aromatic heterocycles. The molecule has 7 heteroatoms. The molecule has 0 bridgehead atoms. The van der Waals surface area contributed by atoms with E-state index in [0.29, 0.717) is 24.4 Å². The van der Waals surface area contributed by atoms with Gasteiger partial charge in [0.1, 0.15) is 11.6 Å². The van der Waals surface area contributed by atoms with Gasteiger partial charge in [-0.1, -0.05) is 31.2 Å². The number of nitrogens with zero attached hydrogens (tertiary/aromatic N) is 2. The Morgan fingerprint density at radius 3 is 2.74 bits per heavy atom. The van der Waals surface area contributed by atoms with Crippen molar-refractivity contribution in [3.05, 3.63) is 65.2 Å². The molecule has 1 saturated heterocycles. The number of benzene rings is 2. The molecule has 2 heterocycles. The van der Waals surface area contributed by atoms with Crippen LogP contribution in [-0.4, -0.2) is 29.0 Å². The van der Waals surface area contributed by atoms with E-state index in [4.69, 9.17) is 0 Å². The van der Waals surface area contributed by atoms with E-state index >= 15 is 0 Å². The number of thioether (sulfide) groups is 1. The maximum atomic E-state index is 14.2. The van der Waals surface area contributed by atoms with Crippen LogP contribution in [0.5, 0.6) is 0 Å². The summed E-state index contributed by atoms with van der Waals surface area (Å²) in [6.07, 6.45) is 0.310. The lowest BCUT2D eigenvalue weighted by Crippen LogP contribution is -2.50. The van der Waals surface area contributed by atoms with Gasteiger partial charge in [0.2, 0.25) is 5.91 Å². The largest absolute Gasteiger partial charge is 0.315 e. The first-order valence-corrected chi connectivity index (χ1v) is 9.77. The SMILES string of the molecule is CCC(=O)N1CCS[C@]12C(=O)N(Cc1ccc(F)cc1F)c1ccccc12. The Balaban J connectivity index is 1.79. The van der Waals surface area contributed by atoms with Crippen LogP contribution in [0.4, 0.5) is 14.5 Å². The Hall–Kier alpha value is -2.41. The molecule has 1 atom stereocenters. The van der Waals surface area contributed by atoms with Crippen molar-refractivity contribution in [2.75, 3.05) is 17.2 Å². The summed E-state index contributed by atoms with van der Waals surface area (Å²) < 4.78 is 27.4. The molecule has 2 aliphatic rings. The third kappa shape index (κ3) is 2.64. The Labute approximate surface area is 160 Å². The highest BCUT2D eigenvalue weighted by atomic mass is 32.2. The number of rotatable bonds is 3. The second kappa shape index (κ2) is 6.64. The number of halogens is 2. The number of carbonyl (C=O) groups excluding carboxylic acids is 2. The number of anilines is 1. The fraction of sp³-hybridized carbons (Fsp3) is 0.300. The van der Waals surface area contributed by atoms with Gasteiger partial charge >= 0.3 is 0 Å². The van der Waals surface area contributed by atoms with E-state index in [9.17, 15) is 18.4 Å². The van der Waals surface area contributed by atoms with Crippen molar-refractivity contribution >= 4 is 29.3 Å². The van der Waals surface area contributed by atoms with Crippen LogP contribution < -0.4 is 4.90 Å². The van der Waals surface area contributed by atoms with Crippen molar-refractivity contribution in [1.82, 2.24) is 4.90 Å². The minimum absolute atomic E-state index is 0.0155. The lowest BCUT2D eigenvalue weighted by molar-refractivity contribution is -0.139. The summed E-state index contributed by atoms with van der Waals surface area (Å²) in [5, 5.41) is 0. The quantitative estimate of drug-likeness (QED) is 0.806. The molecule has 0 saturated carbocycles. The van der Waals surface area contributed by atoms with Crippen molar-refractivity contribution in [3.8, 4) is 0 Å². The summed E-state index contributed by atoms with van der Waals surface area (Å²) in [5.41, 5.74) is 1.64. The van der Waals surface area contributed by atoms with Gasteiger partial charge in [0.25, 0.3) is 5.91 Å². The van der Waals surface area contributed by atoms with Gasteiger partial charge in [-0.05, 0) is 12.1 Å². The lowest BCUT2D eigenvalue weighted by atomic mass is 10.1. The smallest absolute Gasteiger partial charge is 0.268 e. The molecule has 27 heavy (non-hydrogen) atoms. The zero-order valence-corrected chi connectivity index (χ0v) is 15.6. The number of para-hydroxylation sites is 1. The van der Waals surface area contributed by atoms with E-state index in [2.05, 4.69) is 0 Å². The van der Waals surface area contributed by atoms with Crippen LogP contribution in [0.2, 0.25) is 0 Å². The van der Waals surface area contributed by atoms with Gasteiger partial charge in [-0.25, -0.2) is 8.78 Å². The molecule has 4 rings (SSSR count). The van der Waals surface area contributed by atoms with Crippen molar-refractivity contribution in [2.45, 2.75) is 24.8 Å². The van der Waals surface area contributed by atoms with E-state index in [1.54, 1.807) is 17.9 Å². The molecular formula is C20H18F2N2O2S. The van der Waals surface area contributed by atoms with Gasteiger partial charge < -0.3 is 9.80 Å². The van der Waals surface area contributed by atoms with Crippen molar-refractivity contribution in [2.24, 2.45) is 0 Å². The van der Waals surface area contributed by atoms with Gasteiger partial charge in [-0.2, -0.15) is 0 Å². The molecule has 140 valence electrons. The molecular weight excluding hydrogens is 370 g/mol. The highest BCUT2D eigenvalue weighted by Crippen LogP contribution is 2.54. The molecule has 0 radical (unpaired) electrons. The summed E-state index contributed by atoms with van der Waals surface area (Å²) in [4.78, 5) is 28.1. The van der Waals surface area contributed by atoms with E-state index in [1.165, 1.54) is 28.8 Å².